The number of para-hydroxylation sites is 3. The molecule has 318 valence electrons. The lowest BCUT2D eigenvalue weighted by Gasteiger charge is -2.17. The van der Waals surface area contributed by atoms with E-state index in [2.05, 4.69) is 240 Å². The van der Waals surface area contributed by atoms with Crippen molar-refractivity contribution in [3.63, 3.8) is 0 Å². The molecule has 0 bridgehead atoms. The van der Waals surface area contributed by atoms with Gasteiger partial charge in [0.25, 0.3) is 0 Å². The molecule has 3 aromatic heterocycles. The molecule has 3 heterocycles. The summed E-state index contributed by atoms with van der Waals surface area (Å²) >= 11 is 0. The van der Waals surface area contributed by atoms with Crippen LogP contribution in [0.15, 0.2) is 249 Å². The van der Waals surface area contributed by atoms with Gasteiger partial charge in [-0.25, -0.2) is 15.0 Å². The molecule has 13 aromatic rings. The molecule has 10 aromatic carbocycles. The number of benzene rings is 10. The third kappa shape index (κ3) is 6.76. The van der Waals surface area contributed by atoms with Crippen molar-refractivity contribution in [3.8, 4) is 78.9 Å². The summed E-state index contributed by atoms with van der Waals surface area (Å²) in [5, 5.41) is 4.87. The second-order valence-corrected chi connectivity index (χ2v) is 17.2. The molecule has 13 rings (SSSR count). The molecule has 5 nitrogen and oxygen atoms in total. The fraction of sp³-hybridized carbons (Fsp3) is 0. The van der Waals surface area contributed by atoms with E-state index in [1.54, 1.807) is 0 Å². The molecule has 0 aliphatic rings. The summed E-state index contributed by atoms with van der Waals surface area (Å²) in [5.74, 6) is 1.84. The van der Waals surface area contributed by atoms with E-state index < -0.39 is 0 Å². The van der Waals surface area contributed by atoms with Crippen molar-refractivity contribution >= 4 is 43.6 Å². The normalized spacial score (nSPS) is 11.5. The van der Waals surface area contributed by atoms with E-state index in [-0.39, 0.29) is 0 Å². The van der Waals surface area contributed by atoms with Crippen molar-refractivity contribution in [2.45, 2.75) is 0 Å². The Bertz CT molecular complexity index is 3950. The van der Waals surface area contributed by atoms with E-state index in [0.717, 1.165) is 66.8 Å². The fourth-order valence-electron chi connectivity index (χ4n) is 9.95. The maximum atomic E-state index is 5.22. The summed E-state index contributed by atoms with van der Waals surface area (Å²) < 4.78 is 4.75. The number of nitrogens with zero attached hydrogens (tertiary/aromatic N) is 5. The molecule has 68 heavy (non-hydrogen) atoms. The van der Waals surface area contributed by atoms with E-state index in [9.17, 15) is 0 Å². The largest absolute Gasteiger partial charge is 0.309 e. The second-order valence-electron chi connectivity index (χ2n) is 17.2. The van der Waals surface area contributed by atoms with Gasteiger partial charge in [-0.2, -0.15) is 0 Å². The van der Waals surface area contributed by atoms with Gasteiger partial charge >= 0.3 is 0 Å². The molecule has 5 heteroatoms. The Kier molecular flexibility index (Phi) is 9.43. The lowest BCUT2D eigenvalue weighted by Crippen LogP contribution is -2.01. The molecule has 0 saturated carbocycles. The minimum absolute atomic E-state index is 0.609. The lowest BCUT2D eigenvalue weighted by atomic mass is 9.96. The third-order valence-electron chi connectivity index (χ3n) is 13.2. The van der Waals surface area contributed by atoms with Crippen LogP contribution in [0.25, 0.3) is 123 Å². The van der Waals surface area contributed by atoms with Gasteiger partial charge in [0.15, 0.2) is 17.5 Å². The highest BCUT2D eigenvalue weighted by molar-refractivity contribution is 6.11. The lowest BCUT2D eigenvalue weighted by molar-refractivity contribution is 1.07. The van der Waals surface area contributed by atoms with Gasteiger partial charge in [-0.3, -0.25) is 0 Å². The minimum atomic E-state index is 0.609. The average molecular weight is 868 g/mol. The molecule has 0 aliphatic carbocycles. The molecule has 0 atom stereocenters. The summed E-state index contributed by atoms with van der Waals surface area (Å²) in [6.45, 7) is 0. The second kappa shape index (κ2) is 16.4. The van der Waals surface area contributed by atoms with Gasteiger partial charge in [0, 0.05) is 49.5 Å². The molecule has 0 radical (unpaired) electrons. The first-order valence-corrected chi connectivity index (χ1v) is 23.0. The van der Waals surface area contributed by atoms with Crippen molar-refractivity contribution in [2.24, 2.45) is 0 Å². The first-order chi connectivity index (χ1) is 33.7. The Hall–Kier alpha value is -9.19. The highest BCUT2D eigenvalue weighted by Crippen LogP contribution is 2.40. The highest BCUT2D eigenvalue weighted by atomic mass is 15.0. The zero-order chi connectivity index (χ0) is 45.0. The molecular formula is C63H41N5. The quantitative estimate of drug-likeness (QED) is 0.153. The van der Waals surface area contributed by atoms with Gasteiger partial charge in [-0.15, -0.1) is 0 Å². The minimum Gasteiger partial charge on any atom is -0.309 e. The third-order valence-corrected chi connectivity index (χ3v) is 13.2. The van der Waals surface area contributed by atoms with Crippen LogP contribution in [0.4, 0.5) is 0 Å². The number of hydrogen-bond donors (Lipinski definition) is 0. The fourth-order valence-corrected chi connectivity index (χ4v) is 9.95. The molecule has 0 amide bonds. The van der Waals surface area contributed by atoms with Gasteiger partial charge in [0.2, 0.25) is 0 Å². The topological polar surface area (TPSA) is 48.5 Å². The van der Waals surface area contributed by atoms with Crippen LogP contribution in [0.5, 0.6) is 0 Å². The molecule has 0 fully saturated rings. The van der Waals surface area contributed by atoms with Gasteiger partial charge in [-0.1, -0.05) is 194 Å². The first kappa shape index (κ1) is 39.2. The van der Waals surface area contributed by atoms with Crippen LogP contribution in [0, 0.1) is 0 Å². The first-order valence-electron chi connectivity index (χ1n) is 23.0. The van der Waals surface area contributed by atoms with E-state index in [0.29, 0.717) is 17.5 Å². The Morgan fingerprint density at radius 1 is 0.235 bits per heavy atom. The summed E-state index contributed by atoms with van der Waals surface area (Å²) in [4.78, 5) is 15.5. The Morgan fingerprint density at radius 2 is 0.647 bits per heavy atom. The average Bonchev–Trinajstić information content (AvgIpc) is 3.94. The number of rotatable bonds is 8. The predicted octanol–water partition coefficient (Wildman–Crippen LogP) is 16.1. The summed E-state index contributed by atoms with van der Waals surface area (Å²) in [6, 6.07) is 88.3. The van der Waals surface area contributed by atoms with Crippen LogP contribution in [0.1, 0.15) is 0 Å². The number of fused-ring (bicyclic) bond motifs is 6. The maximum Gasteiger partial charge on any atom is 0.164 e. The maximum absolute atomic E-state index is 5.22. The van der Waals surface area contributed by atoms with Crippen LogP contribution >= 0.6 is 0 Å². The van der Waals surface area contributed by atoms with E-state index >= 15 is 0 Å². The Balaban J connectivity index is 0.949. The van der Waals surface area contributed by atoms with E-state index in [4.69, 9.17) is 15.0 Å². The number of hydrogen-bond acceptors (Lipinski definition) is 3. The Labute approximate surface area is 393 Å². The zero-order valence-corrected chi connectivity index (χ0v) is 36.9. The smallest absolute Gasteiger partial charge is 0.164 e. The van der Waals surface area contributed by atoms with Crippen LogP contribution in [-0.2, 0) is 0 Å². The summed E-state index contributed by atoms with van der Waals surface area (Å²) in [6.07, 6.45) is 0. The highest BCUT2D eigenvalue weighted by Gasteiger charge is 2.19. The van der Waals surface area contributed by atoms with Crippen molar-refractivity contribution in [3.05, 3.63) is 249 Å². The predicted molar refractivity (Wildman–Crippen MR) is 281 cm³/mol. The van der Waals surface area contributed by atoms with Crippen molar-refractivity contribution in [2.75, 3.05) is 0 Å². The molecular weight excluding hydrogens is 827 g/mol. The van der Waals surface area contributed by atoms with Gasteiger partial charge in [0.05, 0.1) is 27.8 Å². The summed E-state index contributed by atoms with van der Waals surface area (Å²) in [5.41, 5.74) is 16.4. The standard InChI is InChI=1S/C63H41N5/c1-4-17-42(18-5-1)47-35-37-59(68-58-30-15-12-27-53(58)55-41-48(36-38-60(55)68)43-19-6-2-7-20-43)54(40-47)44-31-33-46(34-32-44)62-64-61(45-21-8-3-9-22-45)65-63(66-62)49-23-16-24-50(39-49)67-56-28-13-10-25-51(56)52-26-11-14-29-57(52)67/h1-41H. The Morgan fingerprint density at radius 3 is 1.25 bits per heavy atom. The number of aromatic nitrogens is 5. The van der Waals surface area contributed by atoms with Crippen molar-refractivity contribution < 1.29 is 0 Å². The van der Waals surface area contributed by atoms with Gasteiger partial charge < -0.3 is 9.13 Å². The summed E-state index contributed by atoms with van der Waals surface area (Å²) in [7, 11) is 0. The van der Waals surface area contributed by atoms with Gasteiger partial charge in [0.1, 0.15) is 0 Å². The van der Waals surface area contributed by atoms with Gasteiger partial charge in [-0.05, 0) is 82.4 Å². The molecule has 0 N–H and O–H groups in total. The van der Waals surface area contributed by atoms with Crippen LogP contribution in [0.3, 0.4) is 0 Å². The molecule has 0 unspecified atom stereocenters. The molecule has 0 aliphatic heterocycles. The van der Waals surface area contributed by atoms with Crippen molar-refractivity contribution in [1.29, 1.82) is 0 Å². The zero-order valence-electron chi connectivity index (χ0n) is 36.9. The monoisotopic (exact) mass is 867 g/mol. The van der Waals surface area contributed by atoms with Crippen LogP contribution < -0.4 is 0 Å². The van der Waals surface area contributed by atoms with Crippen LogP contribution in [0.2, 0.25) is 0 Å². The van der Waals surface area contributed by atoms with E-state index in [1.165, 1.54) is 38.2 Å². The SMILES string of the molecule is c1ccc(-c2ccc(-n3c4ccccc4c4cc(-c5ccccc5)ccc43)c(-c3ccc(-c4nc(-c5ccccc5)nc(-c5cccc(-n6c7ccccc7c7ccccc76)c5)n4)cc3)c2)cc1. The van der Waals surface area contributed by atoms with E-state index in [1.807, 2.05) is 18.2 Å². The van der Waals surface area contributed by atoms with Crippen LogP contribution in [-0.4, -0.2) is 24.1 Å². The molecule has 0 saturated heterocycles. The van der Waals surface area contributed by atoms with Crippen molar-refractivity contribution in [1.82, 2.24) is 24.1 Å². The molecule has 0 spiro atoms.